The van der Waals surface area contributed by atoms with Crippen LogP contribution < -0.4 is 16.0 Å². The molecule has 2 heterocycles. The molecule has 3 N–H and O–H groups in total. The normalized spacial score (nSPS) is 23.5. The van der Waals surface area contributed by atoms with Crippen LogP contribution in [0.1, 0.15) is 72.8 Å². The van der Waals surface area contributed by atoms with Crippen LogP contribution in [0.2, 0.25) is 0 Å². The maximum Gasteiger partial charge on any atom is 0.408 e. The van der Waals surface area contributed by atoms with Crippen LogP contribution in [0, 0.1) is 17.2 Å². The number of benzene rings is 1. The summed E-state index contributed by atoms with van der Waals surface area (Å²) in [6.07, 6.45) is 1.29. The number of hydrogen-bond acceptors (Lipinski definition) is 5. The fraction of sp³-hybridized carbons (Fsp3) is 0.633. The second kappa shape index (κ2) is 10.7. The predicted octanol–water partition coefficient (Wildman–Crippen LogP) is 3.14. The molecule has 0 bridgehead atoms. The number of likely N-dealkylation sites (tertiary alicyclic amines) is 1. The zero-order valence-corrected chi connectivity index (χ0v) is 25.1. The van der Waals surface area contributed by atoms with E-state index < -0.39 is 52.5 Å². The van der Waals surface area contributed by atoms with Crippen molar-refractivity contribution in [3.8, 4) is 0 Å². The summed E-state index contributed by atoms with van der Waals surface area (Å²) in [4.78, 5) is 55.3. The van der Waals surface area contributed by atoms with Gasteiger partial charge >= 0.3 is 6.09 Å². The summed E-state index contributed by atoms with van der Waals surface area (Å²) in [7, 11) is 1.72. The molecule has 4 atom stereocenters. The number of nitrogens with zero attached hydrogens (tertiary/aromatic N) is 2. The van der Waals surface area contributed by atoms with Crippen molar-refractivity contribution in [3.63, 3.8) is 0 Å². The average Bonchev–Trinajstić information content (AvgIpc) is 3.49. The lowest BCUT2D eigenvalue weighted by molar-refractivity contribution is -0.549. The molecule has 1 saturated carbocycles. The molecule has 3 aliphatic rings. The standard InChI is InChI=1S/C30H42FN5O5/c1-28(2,3)23(34-27(40)41-29(4,5)6)24(37)32-21(13-17-9-10-17)25(38)36-16-30(15-22(36)35(7)8)19-14-18(31)11-12-20(19)33-26(30)39/h11-12,14,17,21-23H,7,9-10,13,15-16H2,1-6,8H3,(H2-,32,33,34,37,39,40)/p+1/t21-,22-,23+,30-/m0/s1. The van der Waals surface area contributed by atoms with Gasteiger partial charge in [0.05, 0.1) is 6.42 Å². The second-order valence-corrected chi connectivity index (χ2v) is 13.8. The van der Waals surface area contributed by atoms with E-state index in [-0.39, 0.29) is 30.7 Å². The summed E-state index contributed by atoms with van der Waals surface area (Å²) in [5.41, 5.74) is -1.52. The maximum atomic E-state index is 14.3. The lowest BCUT2D eigenvalue weighted by atomic mass is 9.80. The van der Waals surface area contributed by atoms with E-state index in [0.29, 0.717) is 17.7 Å². The number of carbonyl (C=O) groups excluding carboxylic acids is 4. The first-order chi connectivity index (χ1) is 18.9. The number of alkyl carbamates (subject to hydrolysis) is 1. The van der Waals surface area contributed by atoms with E-state index in [2.05, 4.69) is 22.7 Å². The number of ether oxygens (including phenoxy) is 1. The number of nitrogens with one attached hydrogen (secondary N) is 3. The number of fused-ring (bicyclic) bond motifs is 2. The minimum Gasteiger partial charge on any atom is -0.444 e. The Morgan fingerprint density at radius 1 is 1.20 bits per heavy atom. The van der Waals surface area contributed by atoms with Crippen molar-refractivity contribution >= 4 is 36.2 Å². The minimum atomic E-state index is -1.13. The molecule has 0 radical (unpaired) electrons. The Bertz CT molecular complexity index is 1260. The van der Waals surface area contributed by atoms with E-state index in [9.17, 15) is 23.6 Å². The molecular formula is C30H43FN5O5+. The molecule has 0 unspecified atom stereocenters. The van der Waals surface area contributed by atoms with Gasteiger partial charge in [-0.15, -0.1) is 0 Å². The van der Waals surface area contributed by atoms with Gasteiger partial charge < -0.3 is 20.7 Å². The van der Waals surface area contributed by atoms with Crippen molar-refractivity contribution in [2.75, 3.05) is 18.9 Å². The fourth-order valence-electron chi connectivity index (χ4n) is 5.71. The molecule has 1 aromatic rings. The smallest absolute Gasteiger partial charge is 0.408 e. The third-order valence-electron chi connectivity index (χ3n) is 7.97. The van der Waals surface area contributed by atoms with E-state index >= 15 is 0 Å². The molecule has 10 nitrogen and oxygen atoms in total. The van der Waals surface area contributed by atoms with Gasteiger partial charge in [-0.3, -0.25) is 19.3 Å². The summed E-state index contributed by atoms with van der Waals surface area (Å²) in [5, 5.41) is 8.44. The first kappa shape index (κ1) is 30.5. The second-order valence-electron chi connectivity index (χ2n) is 13.8. The van der Waals surface area contributed by atoms with Crippen LogP contribution in [0.15, 0.2) is 18.2 Å². The number of amides is 4. The maximum absolute atomic E-state index is 14.3. The van der Waals surface area contributed by atoms with E-state index in [0.717, 1.165) is 12.8 Å². The summed E-state index contributed by atoms with van der Waals surface area (Å²) >= 11 is 0. The third-order valence-corrected chi connectivity index (χ3v) is 7.97. The summed E-state index contributed by atoms with van der Waals surface area (Å²) < 4.78 is 21.3. The van der Waals surface area contributed by atoms with E-state index in [1.54, 1.807) is 37.3 Å². The Hall–Kier alpha value is -3.50. The zero-order valence-electron chi connectivity index (χ0n) is 25.1. The van der Waals surface area contributed by atoms with E-state index in [4.69, 9.17) is 4.74 Å². The Morgan fingerprint density at radius 3 is 2.41 bits per heavy atom. The van der Waals surface area contributed by atoms with Gasteiger partial charge in [0, 0.05) is 12.2 Å². The summed E-state index contributed by atoms with van der Waals surface area (Å²) in [6.45, 7) is 14.7. The van der Waals surface area contributed by atoms with Crippen molar-refractivity contribution in [1.82, 2.24) is 15.5 Å². The zero-order chi connectivity index (χ0) is 30.5. The number of hydrogen-bond donors (Lipinski definition) is 3. The van der Waals surface area contributed by atoms with Crippen LogP contribution in [0.5, 0.6) is 0 Å². The van der Waals surface area contributed by atoms with Crippen molar-refractivity contribution in [2.24, 2.45) is 11.3 Å². The molecule has 224 valence electrons. The molecule has 4 rings (SSSR count). The topological polar surface area (TPSA) is 120 Å². The highest BCUT2D eigenvalue weighted by Gasteiger charge is 2.59. The molecule has 0 aromatic heterocycles. The molecule has 2 fully saturated rings. The Labute approximate surface area is 241 Å². The molecule has 11 heteroatoms. The number of carbonyl (C=O) groups is 4. The lowest BCUT2D eigenvalue weighted by Crippen LogP contribution is -2.59. The van der Waals surface area contributed by atoms with Gasteiger partial charge in [0.25, 0.3) is 0 Å². The van der Waals surface area contributed by atoms with E-state index in [1.807, 2.05) is 20.8 Å². The van der Waals surface area contributed by atoms with Crippen LogP contribution in [0.3, 0.4) is 0 Å². The average molecular weight is 573 g/mol. The number of anilines is 1. The van der Waals surface area contributed by atoms with Gasteiger partial charge in [-0.05, 0) is 62.3 Å². The van der Waals surface area contributed by atoms with Crippen molar-refractivity contribution < 1.29 is 32.9 Å². The monoisotopic (exact) mass is 572 g/mol. The van der Waals surface area contributed by atoms with Gasteiger partial charge in [-0.25, -0.2) is 13.8 Å². The Kier molecular flexibility index (Phi) is 7.97. The lowest BCUT2D eigenvalue weighted by Gasteiger charge is -2.33. The van der Waals surface area contributed by atoms with Crippen LogP contribution in [0.4, 0.5) is 14.9 Å². The van der Waals surface area contributed by atoms with Crippen LogP contribution in [-0.2, 0) is 24.5 Å². The SMILES string of the molecule is C=[N+](C)[C@@H]1C[C@@]2(CN1C(=O)[C@H](CC1CC1)NC(=O)[C@@H](NC(=O)OC(C)(C)C)C(C)(C)C)C(=O)Nc1ccc(F)cc12. The molecule has 41 heavy (non-hydrogen) atoms. The van der Waals surface area contributed by atoms with Gasteiger partial charge in [0.15, 0.2) is 0 Å². The molecule has 1 aliphatic carbocycles. The molecule has 1 saturated heterocycles. The van der Waals surface area contributed by atoms with E-state index in [1.165, 1.54) is 18.2 Å². The van der Waals surface area contributed by atoms with Crippen molar-refractivity contribution in [1.29, 1.82) is 0 Å². The molecule has 1 aromatic carbocycles. The highest BCUT2D eigenvalue weighted by molar-refractivity contribution is 6.07. The minimum absolute atomic E-state index is 0.0224. The predicted molar refractivity (Wildman–Crippen MR) is 152 cm³/mol. The highest BCUT2D eigenvalue weighted by atomic mass is 19.1. The van der Waals surface area contributed by atoms with Crippen LogP contribution >= 0.6 is 0 Å². The van der Waals surface area contributed by atoms with Crippen molar-refractivity contribution in [2.45, 2.75) is 96.5 Å². The van der Waals surface area contributed by atoms with Crippen molar-refractivity contribution in [3.05, 3.63) is 29.6 Å². The first-order valence-electron chi connectivity index (χ1n) is 14.2. The number of halogens is 1. The van der Waals surface area contributed by atoms with Gasteiger partial charge in [-0.2, -0.15) is 0 Å². The largest absolute Gasteiger partial charge is 0.444 e. The van der Waals surface area contributed by atoms with Gasteiger partial charge in [0.2, 0.25) is 23.9 Å². The molecule has 2 aliphatic heterocycles. The molecule has 1 spiro atoms. The highest BCUT2D eigenvalue weighted by Crippen LogP contribution is 2.47. The third kappa shape index (κ3) is 6.54. The van der Waals surface area contributed by atoms with Gasteiger partial charge in [-0.1, -0.05) is 33.6 Å². The van der Waals surface area contributed by atoms with Crippen LogP contribution in [-0.4, -0.2) is 77.5 Å². The number of rotatable bonds is 7. The van der Waals surface area contributed by atoms with Gasteiger partial charge in [0.1, 0.15) is 42.7 Å². The Balaban J connectivity index is 1.60. The van der Waals surface area contributed by atoms with Crippen LogP contribution in [0.25, 0.3) is 0 Å². The molecular weight excluding hydrogens is 529 g/mol. The quantitative estimate of drug-likeness (QED) is 0.343. The first-order valence-corrected chi connectivity index (χ1v) is 14.2. The summed E-state index contributed by atoms with van der Waals surface area (Å²) in [6, 6.07) is 2.32. The molecule has 4 amide bonds. The summed E-state index contributed by atoms with van der Waals surface area (Å²) in [5.74, 6) is -1.31. The fourth-order valence-corrected chi connectivity index (χ4v) is 5.71. The Morgan fingerprint density at radius 2 is 1.85 bits per heavy atom.